The van der Waals surface area contributed by atoms with Crippen LogP contribution in [0.3, 0.4) is 0 Å². The molecule has 10 heteroatoms. The van der Waals surface area contributed by atoms with Gasteiger partial charge < -0.3 is 14.8 Å². The fourth-order valence-corrected chi connectivity index (χ4v) is 6.12. The third kappa shape index (κ3) is 6.64. The summed E-state index contributed by atoms with van der Waals surface area (Å²) in [5, 5.41) is 3.50. The molecule has 4 rings (SSSR count). The smallest absolute Gasteiger partial charge is 0.442 e. The van der Waals surface area contributed by atoms with Crippen molar-refractivity contribution in [3.8, 4) is 0 Å². The van der Waals surface area contributed by atoms with E-state index >= 15 is 0 Å². The number of benzene rings is 2. The summed E-state index contributed by atoms with van der Waals surface area (Å²) in [6.45, 7) is 8.18. The Kier molecular flexibility index (Phi) is 9.47. The van der Waals surface area contributed by atoms with E-state index in [1.807, 2.05) is 39.0 Å². The number of carbonyl (C=O) groups excluding carboxylic acids is 2. The van der Waals surface area contributed by atoms with Gasteiger partial charge in [0.25, 0.3) is 5.91 Å². The lowest BCUT2D eigenvalue weighted by molar-refractivity contribution is -0.220. The van der Waals surface area contributed by atoms with Crippen molar-refractivity contribution in [2.45, 2.75) is 69.8 Å². The van der Waals surface area contributed by atoms with Crippen LogP contribution < -0.4 is 5.32 Å². The molecule has 6 nitrogen and oxygen atoms in total. The van der Waals surface area contributed by atoms with Crippen molar-refractivity contribution in [3.05, 3.63) is 70.2 Å². The highest BCUT2D eigenvalue weighted by atomic mass is 35.5. The number of morpholine rings is 1. The first kappa shape index (κ1) is 30.3. The Hall–Kier alpha value is -2.62. The van der Waals surface area contributed by atoms with Crippen LogP contribution in [-0.4, -0.2) is 60.9 Å². The molecule has 1 heterocycles. The van der Waals surface area contributed by atoms with Gasteiger partial charge in [-0.2, -0.15) is 13.2 Å². The number of carbonyl (C=O) groups is 2. The van der Waals surface area contributed by atoms with Gasteiger partial charge in [-0.3, -0.25) is 9.69 Å². The molecule has 2 aromatic carbocycles. The van der Waals surface area contributed by atoms with Crippen LogP contribution in [0.5, 0.6) is 0 Å². The van der Waals surface area contributed by atoms with Gasteiger partial charge in [0, 0.05) is 30.1 Å². The number of aryl methyl sites for hydroxylation is 1. The molecule has 2 fully saturated rings. The second kappa shape index (κ2) is 12.5. The molecule has 4 atom stereocenters. The van der Waals surface area contributed by atoms with Crippen LogP contribution in [0.25, 0.3) is 0 Å². The predicted molar refractivity (Wildman–Crippen MR) is 146 cm³/mol. The van der Waals surface area contributed by atoms with E-state index in [0.717, 1.165) is 11.1 Å². The Bertz CT molecular complexity index is 1180. The van der Waals surface area contributed by atoms with Crippen LogP contribution in [0.15, 0.2) is 48.5 Å². The summed E-state index contributed by atoms with van der Waals surface area (Å²) >= 11 is 6.06. The molecule has 0 radical (unpaired) electrons. The zero-order valence-electron chi connectivity index (χ0n) is 23.0. The van der Waals surface area contributed by atoms with Crippen molar-refractivity contribution in [2.24, 2.45) is 5.92 Å². The first-order valence-corrected chi connectivity index (χ1v) is 14.0. The van der Waals surface area contributed by atoms with Crippen molar-refractivity contribution < 1.29 is 32.2 Å². The molecule has 0 spiro atoms. The largest absolute Gasteiger partial charge is 0.490 e. The molecule has 1 unspecified atom stereocenters. The zero-order valence-corrected chi connectivity index (χ0v) is 23.7. The number of amides is 1. The standard InChI is InChI=1S/C30H36ClF3N2O4/c1-19(2)26(21-8-10-22(31)11-9-21)35-27(37)29(40-28(38)30(32,33)34)13-12-23(36-14-16-39-17-15-36)18-25(29)24-7-5-4-6-20(24)3/h4-11,19,23,25-26H,12-18H2,1-3H3,(H,35,37)/t23-,25+,26?,29-/m1/s1. The molecule has 1 N–H and O–H groups in total. The maximum Gasteiger partial charge on any atom is 0.490 e. The quantitative estimate of drug-likeness (QED) is 0.409. The minimum atomic E-state index is -5.25. The Labute approximate surface area is 238 Å². The zero-order chi connectivity index (χ0) is 29.1. The number of hydrogen-bond donors (Lipinski definition) is 1. The van der Waals surface area contributed by atoms with Crippen molar-refractivity contribution in [1.82, 2.24) is 10.2 Å². The molecule has 0 aromatic heterocycles. The van der Waals surface area contributed by atoms with Crippen LogP contribution in [0.1, 0.15) is 61.8 Å². The number of nitrogens with zero attached hydrogens (tertiary/aromatic N) is 1. The molecule has 1 aliphatic carbocycles. The molecule has 2 aliphatic rings. The van der Waals surface area contributed by atoms with Gasteiger partial charge in [0.2, 0.25) is 0 Å². The highest BCUT2D eigenvalue weighted by Gasteiger charge is 2.57. The van der Waals surface area contributed by atoms with E-state index < -0.39 is 35.6 Å². The van der Waals surface area contributed by atoms with Gasteiger partial charge >= 0.3 is 12.1 Å². The van der Waals surface area contributed by atoms with Crippen LogP contribution in [-0.2, 0) is 19.1 Å². The summed E-state index contributed by atoms with van der Waals surface area (Å²) in [6.07, 6.45) is -4.55. The Morgan fingerprint density at radius 1 is 1.10 bits per heavy atom. The molecule has 1 saturated carbocycles. The number of rotatable bonds is 7. The van der Waals surface area contributed by atoms with Crippen molar-refractivity contribution in [2.75, 3.05) is 26.3 Å². The second-order valence-electron chi connectivity index (χ2n) is 11.0. The average molecular weight is 581 g/mol. The van der Waals surface area contributed by atoms with Crippen molar-refractivity contribution >= 4 is 23.5 Å². The summed E-state index contributed by atoms with van der Waals surface area (Å²) in [5.74, 6) is -3.99. The highest BCUT2D eigenvalue weighted by Crippen LogP contribution is 2.47. The molecule has 40 heavy (non-hydrogen) atoms. The van der Waals surface area contributed by atoms with Crippen LogP contribution in [0.2, 0.25) is 5.02 Å². The number of ether oxygens (including phenoxy) is 2. The molecule has 0 bridgehead atoms. The summed E-state index contributed by atoms with van der Waals surface area (Å²) in [6, 6.07) is 13.7. The van der Waals surface area contributed by atoms with Gasteiger partial charge in [-0.05, 0) is 60.9 Å². The van der Waals surface area contributed by atoms with Crippen molar-refractivity contribution in [3.63, 3.8) is 0 Å². The van der Waals surface area contributed by atoms with Crippen molar-refractivity contribution in [1.29, 1.82) is 0 Å². The molecule has 1 amide bonds. The van der Waals surface area contributed by atoms with E-state index in [1.54, 1.807) is 30.3 Å². The van der Waals surface area contributed by atoms with Crippen LogP contribution in [0, 0.1) is 12.8 Å². The fraction of sp³-hybridized carbons (Fsp3) is 0.533. The fourth-order valence-electron chi connectivity index (χ4n) is 6.00. The minimum absolute atomic E-state index is 0.00354. The lowest BCUT2D eigenvalue weighted by atomic mass is 9.68. The summed E-state index contributed by atoms with van der Waals surface area (Å²) in [5.41, 5.74) is 0.201. The van der Waals surface area contributed by atoms with Gasteiger partial charge in [0.1, 0.15) is 0 Å². The monoisotopic (exact) mass is 580 g/mol. The summed E-state index contributed by atoms with van der Waals surface area (Å²) in [4.78, 5) is 29.0. The normalized spacial score (nSPS) is 24.9. The lowest BCUT2D eigenvalue weighted by Crippen LogP contribution is -2.60. The molecular formula is C30H36ClF3N2O4. The first-order valence-electron chi connectivity index (χ1n) is 13.7. The number of nitrogens with one attached hydrogen (secondary N) is 1. The van der Waals surface area contributed by atoms with Gasteiger partial charge in [0.05, 0.1) is 19.3 Å². The Morgan fingerprint density at radius 2 is 1.75 bits per heavy atom. The number of alkyl halides is 3. The van der Waals surface area contributed by atoms with Crippen LogP contribution in [0.4, 0.5) is 13.2 Å². The SMILES string of the molecule is Cc1ccccc1[C@@H]1C[C@H](N2CCOCC2)CC[C@]1(OC(=O)C(F)(F)F)C(=O)NC(c1ccc(Cl)cc1)C(C)C. The highest BCUT2D eigenvalue weighted by molar-refractivity contribution is 6.30. The Morgan fingerprint density at radius 3 is 2.35 bits per heavy atom. The lowest BCUT2D eigenvalue weighted by Gasteiger charge is -2.48. The van der Waals surface area contributed by atoms with E-state index in [4.69, 9.17) is 21.1 Å². The first-order chi connectivity index (χ1) is 18.9. The topological polar surface area (TPSA) is 67.9 Å². The maximum atomic E-state index is 14.3. The number of hydrogen-bond acceptors (Lipinski definition) is 5. The average Bonchev–Trinajstić information content (AvgIpc) is 2.92. The number of halogens is 4. The van der Waals surface area contributed by atoms with E-state index in [1.165, 1.54) is 0 Å². The Balaban J connectivity index is 1.78. The summed E-state index contributed by atoms with van der Waals surface area (Å²) < 4.78 is 51.9. The van der Waals surface area contributed by atoms with E-state index in [0.29, 0.717) is 49.7 Å². The molecule has 218 valence electrons. The number of esters is 1. The van der Waals surface area contributed by atoms with Gasteiger partial charge in [-0.25, -0.2) is 4.79 Å². The van der Waals surface area contributed by atoms with E-state index in [-0.39, 0.29) is 18.4 Å². The van der Waals surface area contributed by atoms with Gasteiger partial charge in [-0.15, -0.1) is 0 Å². The molecule has 1 aliphatic heterocycles. The van der Waals surface area contributed by atoms with Gasteiger partial charge in [-0.1, -0.05) is 61.8 Å². The van der Waals surface area contributed by atoms with Crippen LogP contribution >= 0.6 is 11.6 Å². The third-order valence-corrected chi connectivity index (χ3v) is 8.37. The van der Waals surface area contributed by atoms with E-state index in [9.17, 15) is 22.8 Å². The molecule has 1 saturated heterocycles. The van der Waals surface area contributed by atoms with E-state index in [2.05, 4.69) is 10.2 Å². The minimum Gasteiger partial charge on any atom is -0.442 e. The second-order valence-corrected chi connectivity index (χ2v) is 11.4. The van der Waals surface area contributed by atoms with Gasteiger partial charge in [0.15, 0.2) is 5.60 Å². The summed E-state index contributed by atoms with van der Waals surface area (Å²) in [7, 11) is 0. The molecular weight excluding hydrogens is 545 g/mol. The predicted octanol–water partition coefficient (Wildman–Crippen LogP) is 5.97. The third-order valence-electron chi connectivity index (χ3n) is 8.12. The molecule has 2 aromatic rings. The maximum absolute atomic E-state index is 14.3.